The molecule has 120 valence electrons. The van der Waals surface area contributed by atoms with Gasteiger partial charge in [0.1, 0.15) is 17.5 Å². The molecule has 3 rings (SSSR count). The van der Waals surface area contributed by atoms with Gasteiger partial charge in [0.2, 0.25) is 5.95 Å². The van der Waals surface area contributed by atoms with Crippen molar-refractivity contribution in [3.8, 4) is 6.07 Å². The Kier molecular flexibility index (Phi) is 4.20. The molecule has 0 atom stereocenters. The third-order valence-corrected chi connectivity index (χ3v) is 3.60. The average molecular weight is 320 g/mol. The number of hydrogen-bond donors (Lipinski definition) is 1. The number of para-hydroxylation sites is 2. The van der Waals surface area contributed by atoms with Crippen LogP contribution in [0.4, 0.5) is 5.95 Å². The van der Waals surface area contributed by atoms with Crippen molar-refractivity contribution in [2.24, 2.45) is 0 Å². The lowest BCUT2D eigenvalue weighted by Crippen LogP contribution is -2.27. The zero-order valence-corrected chi connectivity index (χ0v) is 13.4. The molecule has 0 aliphatic rings. The fourth-order valence-electron chi connectivity index (χ4n) is 2.53. The molecule has 0 aliphatic heterocycles. The van der Waals surface area contributed by atoms with Crippen LogP contribution in [-0.4, -0.2) is 26.1 Å². The number of aryl methyl sites for hydroxylation is 2. The van der Waals surface area contributed by atoms with Crippen molar-refractivity contribution in [1.29, 1.82) is 5.26 Å². The summed E-state index contributed by atoms with van der Waals surface area (Å²) in [6.07, 6.45) is 0. The van der Waals surface area contributed by atoms with Gasteiger partial charge in [-0.05, 0) is 32.0 Å². The molecule has 3 aromatic rings. The summed E-state index contributed by atoms with van der Waals surface area (Å²) < 4.78 is 1.69. The molecular formula is C17H16N6O. The summed E-state index contributed by atoms with van der Waals surface area (Å²) in [7, 11) is 0. The van der Waals surface area contributed by atoms with Gasteiger partial charge in [-0.1, -0.05) is 12.1 Å². The van der Waals surface area contributed by atoms with Gasteiger partial charge in [0.05, 0.1) is 11.0 Å². The fraction of sp³-hybridized carbons (Fsp3) is 0.235. The Morgan fingerprint density at radius 2 is 2.00 bits per heavy atom. The van der Waals surface area contributed by atoms with Gasteiger partial charge in [-0.2, -0.15) is 5.26 Å². The Balaban J connectivity index is 1.84. The predicted octanol–water partition coefficient (Wildman–Crippen LogP) is 1.79. The van der Waals surface area contributed by atoms with Crippen LogP contribution in [0.1, 0.15) is 17.1 Å². The van der Waals surface area contributed by atoms with Crippen LogP contribution < -0.4 is 10.9 Å². The van der Waals surface area contributed by atoms with Crippen molar-refractivity contribution in [3.05, 3.63) is 57.8 Å². The smallest absolute Gasteiger partial charge is 0.272 e. The van der Waals surface area contributed by atoms with Crippen LogP contribution in [0.2, 0.25) is 0 Å². The van der Waals surface area contributed by atoms with E-state index in [4.69, 9.17) is 5.26 Å². The maximum absolute atomic E-state index is 12.4. The van der Waals surface area contributed by atoms with Crippen LogP contribution in [0, 0.1) is 25.2 Å². The molecular weight excluding hydrogens is 304 g/mol. The van der Waals surface area contributed by atoms with Gasteiger partial charge < -0.3 is 9.88 Å². The van der Waals surface area contributed by atoms with E-state index in [9.17, 15) is 4.79 Å². The molecule has 0 aliphatic carbocycles. The highest BCUT2D eigenvalue weighted by Crippen LogP contribution is 2.10. The van der Waals surface area contributed by atoms with E-state index in [1.165, 1.54) is 0 Å². The van der Waals surface area contributed by atoms with E-state index in [-0.39, 0.29) is 5.56 Å². The Morgan fingerprint density at radius 3 is 2.79 bits per heavy atom. The van der Waals surface area contributed by atoms with Gasteiger partial charge >= 0.3 is 0 Å². The van der Waals surface area contributed by atoms with E-state index in [0.717, 1.165) is 11.0 Å². The third-order valence-electron chi connectivity index (χ3n) is 3.60. The summed E-state index contributed by atoms with van der Waals surface area (Å²) in [4.78, 5) is 25.0. The van der Waals surface area contributed by atoms with E-state index in [1.807, 2.05) is 30.3 Å². The average Bonchev–Trinajstić information content (AvgIpc) is 2.57. The molecule has 2 aromatic heterocycles. The molecule has 7 nitrogen and oxygen atoms in total. The van der Waals surface area contributed by atoms with E-state index in [2.05, 4.69) is 20.3 Å². The minimum absolute atomic E-state index is 0.113. The molecule has 0 unspecified atom stereocenters. The molecule has 0 saturated heterocycles. The molecule has 0 bridgehead atoms. The van der Waals surface area contributed by atoms with Gasteiger partial charge in [-0.3, -0.25) is 4.79 Å². The first-order valence-corrected chi connectivity index (χ1v) is 7.54. The molecule has 24 heavy (non-hydrogen) atoms. The molecule has 0 amide bonds. The molecule has 0 radical (unpaired) electrons. The van der Waals surface area contributed by atoms with Crippen LogP contribution in [0.5, 0.6) is 0 Å². The number of nitrogens with one attached hydrogen (secondary N) is 1. The molecule has 0 saturated carbocycles. The molecule has 7 heteroatoms. The van der Waals surface area contributed by atoms with Crippen LogP contribution in [0.25, 0.3) is 11.0 Å². The summed E-state index contributed by atoms with van der Waals surface area (Å²) in [5.41, 5.74) is 2.95. The highest BCUT2D eigenvalue weighted by Gasteiger charge is 2.08. The maximum Gasteiger partial charge on any atom is 0.272 e. The molecule has 1 aromatic carbocycles. The number of aromatic nitrogens is 4. The van der Waals surface area contributed by atoms with E-state index in [0.29, 0.717) is 36.1 Å². The first-order chi connectivity index (χ1) is 11.6. The highest BCUT2D eigenvalue weighted by atomic mass is 16.1. The van der Waals surface area contributed by atoms with Crippen LogP contribution in [0.3, 0.4) is 0 Å². The van der Waals surface area contributed by atoms with Crippen molar-refractivity contribution in [2.45, 2.75) is 20.4 Å². The largest absolute Gasteiger partial charge is 0.352 e. The van der Waals surface area contributed by atoms with Crippen molar-refractivity contribution in [1.82, 2.24) is 19.5 Å². The Hall–Kier alpha value is -3.27. The summed E-state index contributed by atoms with van der Waals surface area (Å²) in [5.74, 6) is 0.384. The SMILES string of the molecule is Cc1cc(C#N)nc(NCCn2c(=O)c(C)nc3ccccc32)n1. The van der Waals surface area contributed by atoms with Crippen LogP contribution >= 0.6 is 0 Å². The normalized spacial score (nSPS) is 10.5. The Morgan fingerprint density at radius 1 is 1.21 bits per heavy atom. The lowest BCUT2D eigenvalue weighted by Gasteiger charge is -2.12. The first kappa shape index (κ1) is 15.6. The Bertz CT molecular complexity index is 1000. The van der Waals surface area contributed by atoms with Crippen molar-refractivity contribution in [3.63, 3.8) is 0 Å². The third kappa shape index (κ3) is 3.08. The van der Waals surface area contributed by atoms with Crippen LogP contribution in [-0.2, 0) is 6.54 Å². The van der Waals surface area contributed by atoms with Crippen molar-refractivity contribution < 1.29 is 0 Å². The minimum atomic E-state index is -0.113. The quantitative estimate of drug-likeness (QED) is 0.787. The number of nitrogens with zero attached hydrogens (tertiary/aromatic N) is 5. The number of rotatable bonds is 4. The van der Waals surface area contributed by atoms with Crippen molar-refractivity contribution >= 4 is 17.0 Å². The molecule has 0 fully saturated rings. The molecule has 1 N–H and O–H groups in total. The van der Waals surface area contributed by atoms with Gasteiger partial charge in [0, 0.05) is 18.8 Å². The summed E-state index contributed by atoms with van der Waals surface area (Å²) in [6.45, 7) is 4.42. The van der Waals surface area contributed by atoms with E-state index >= 15 is 0 Å². The second kappa shape index (κ2) is 6.46. The van der Waals surface area contributed by atoms with Crippen LogP contribution in [0.15, 0.2) is 35.1 Å². The lowest BCUT2D eigenvalue weighted by molar-refractivity contribution is 0.710. The molecule has 2 heterocycles. The van der Waals surface area contributed by atoms with Gasteiger partial charge in [0.15, 0.2) is 0 Å². The number of nitriles is 1. The van der Waals surface area contributed by atoms with E-state index < -0.39 is 0 Å². The number of hydrogen-bond acceptors (Lipinski definition) is 6. The number of benzene rings is 1. The summed E-state index contributed by atoms with van der Waals surface area (Å²) in [6, 6.07) is 11.2. The van der Waals surface area contributed by atoms with Crippen molar-refractivity contribution in [2.75, 3.05) is 11.9 Å². The maximum atomic E-state index is 12.4. The molecule has 0 spiro atoms. The second-order valence-electron chi connectivity index (χ2n) is 5.40. The zero-order chi connectivity index (χ0) is 17.1. The highest BCUT2D eigenvalue weighted by molar-refractivity contribution is 5.74. The monoisotopic (exact) mass is 320 g/mol. The first-order valence-electron chi connectivity index (χ1n) is 7.54. The fourth-order valence-corrected chi connectivity index (χ4v) is 2.53. The lowest BCUT2D eigenvalue weighted by atomic mass is 10.2. The number of anilines is 1. The van der Waals surface area contributed by atoms with Gasteiger partial charge in [-0.15, -0.1) is 0 Å². The van der Waals surface area contributed by atoms with Gasteiger partial charge in [0.25, 0.3) is 5.56 Å². The zero-order valence-electron chi connectivity index (χ0n) is 13.4. The van der Waals surface area contributed by atoms with Gasteiger partial charge in [-0.25, -0.2) is 15.0 Å². The second-order valence-corrected chi connectivity index (χ2v) is 5.40. The minimum Gasteiger partial charge on any atom is -0.352 e. The standard InChI is InChI=1S/C17H16N6O/c1-11-9-13(10-18)22-17(20-11)19-7-8-23-15-6-4-3-5-14(15)21-12(2)16(23)24/h3-6,9H,7-8H2,1-2H3,(H,19,20,22). The predicted molar refractivity (Wildman–Crippen MR) is 90.7 cm³/mol. The Labute approximate surface area is 138 Å². The topological polar surface area (TPSA) is 96.5 Å². The summed E-state index contributed by atoms with van der Waals surface area (Å²) >= 11 is 0. The van der Waals surface area contributed by atoms with E-state index in [1.54, 1.807) is 24.5 Å². The number of fused-ring (bicyclic) bond motifs is 1. The summed E-state index contributed by atoms with van der Waals surface area (Å²) in [5, 5.41) is 12.0.